The second-order valence-electron chi connectivity index (χ2n) is 6.08. The molecule has 0 saturated heterocycles. The molecule has 27 heavy (non-hydrogen) atoms. The summed E-state index contributed by atoms with van der Waals surface area (Å²) < 4.78 is 23.5. The zero-order valence-electron chi connectivity index (χ0n) is 15.1. The summed E-state index contributed by atoms with van der Waals surface area (Å²) in [4.78, 5) is 16.4. The van der Waals surface area contributed by atoms with E-state index in [4.69, 9.17) is 9.26 Å². The van der Waals surface area contributed by atoms with E-state index in [1.807, 2.05) is 31.2 Å². The molecule has 1 unspecified atom stereocenters. The molecular formula is C20H20FN3O3. The first-order chi connectivity index (χ1) is 13.0. The molecular weight excluding hydrogens is 349 g/mol. The summed E-state index contributed by atoms with van der Waals surface area (Å²) in [5.74, 6) is 0.912. The van der Waals surface area contributed by atoms with Gasteiger partial charge in [0.2, 0.25) is 17.6 Å². The summed E-state index contributed by atoms with van der Waals surface area (Å²) >= 11 is 0. The number of benzene rings is 2. The minimum absolute atomic E-state index is 0.121. The molecule has 0 aliphatic carbocycles. The Morgan fingerprint density at radius 3 is 2.74 bits per heavy atom. The third-order valence-corrected chi connectivity index (χ3v) is 4.11. The maximum atomic E-state index is 13.3. The molecule has 0 spiro atoms. The van der Waals surface area contributed by atoms with Crippen molar-refractivity contribution in [3.05, 3.63) is 65.8 Å². The zero-order chi connectivity index (χ0) is 19.2. The van der Waals surface area contributed by atoms with E-state index in [2.05, 4.69) is 15.5 Å². The maximum Gasteiger partial charge on any atom is 0.227 e. The summed E-state index contributed by atoms with van der Waals surface area (Å²) in [6.07, 6.45) is 0.523. The number of amides is 1. The molecule has 140 valence electrons. The lowest BCUT2D eigenvalue weighted by Gasteiger charge is -2.14. The first kappa shape index (κ1) is 18.6. The summed E-state index contributed by atoms with van der Waals surface area (Å²) in [6, 6.07) is 13.3. The second kappa shape index (κ2) is 8.44. The number of nitrogens with zero attached hydrogens (tertiary/aromatic N) is 2. The van der Waals surface area contributed by atoms with Crippen molar-refractivity contribution in [2.45, 2.75) is 25.8 Å². The molecule has 2 aromatic carbocycles. The Balaban J connectivity index is 1.53. The number of carbonyl (C=O) groups is 1. The first-order valence-corrected chi connectivity index (χ1v) is 8.57. The summed E-state index contributed by atoms with van der Waals surface area (Å²) in [5, 5.41) is 6.76. The number of aryl methyl sites for hydroxylation is 1. The number of aromatic nitrogens is 2. The molecule has 3 aromatic rings. The predicted octanol–water partition coefficient (Wildman–Crippen LogP) is 3.69. The minimum atomic E-state index is -0.370. The van der Waals surface area contributed by atoms with Crippen molar-refractivity contribution in [2.24, 2.45) is 0 Å². The lowest BCUT2D eigenvalue weighted by atomic mass is 10.1. The number of ether oxygens (including phenoxy) is 1. The minimum Gasteiger partial charge on any atom is -0.497 e. The smallest absolute Gasteiger partial charge is 0.227 e. The highest BCUT2D eigenvalue weighted by Gasteiger charge is 2.13. The van der Waals surface area contributed by atoms with Crippen molar-refractivity contribution in [1.82, 2.24) is 15.5 Å². The molecule has 0 radical (unpaired) electrons. The van der Waals surface area contributed by atoms with Crippen molar-refractivity contribution in [1.29, 1.82) is 0 Å². The molecule has 0 saturated carbocycles. The third kappa shape index (κ3) is 4.91. The van der Waals surface area contributed by atoms with Gasteiger partial charge in [0.25, 0.3) is 0 Å². The van der Waals surface area contributed by atoms with Crippen LogP contribution >= 0.6 is 0 Å². The van der Waals surface area contributed by atoms with Crippen LogP contribution in [0.2, 0.25) is 0 Å². The molecule has 3 rings (SSSR count). The number of methoxy groups -OCH3 is 1. The second-order valence-corrected chi connectivity index (χ2v) is 6.08. The van der Waals surface area contributed by atoms with E-state index in [0.29, 0.717) is 23.7 Å². The number of carbonyl (C=O) groups excluding carboxylic acids is 1. The van der Waals surface area contributed by atoms with Crippen molar-refractivity contribution < 1.29 is 18.4 Å². The lowest BCUT2D eigenvalue weighted by molar-refractivity contribution is -0.121. The van der Waals surface area contributed by atoms with E-state index >= 15 is 0 Å². The van der Waals surface area contributed by atoms with Gasteiger partial charge < -0.3 is 14.6 Å². The molecule has 1 aromatic heterocycles. The zero-order valence-corrected chi connectivity index (χ0v) is 15.1. The fraction of sp³-hybridized carbons (Fsp3) is 0.250. The lowest BCUT2D eigenvalue weighted by Crippen LogP contribution is -2.26. The Bertz CT molecular complexity index is 909. The van der Waals surface area contributed by atoms with Crippen LogP contribution in [0.1, 0.15) is 30.8 Å². The van der Waals surface area contributed by atoms with Gasteiger partial charge in [0, 0.05) is 18.4 Å². The van der Waals surface area contributed by atoms with Crippen molar-refractivity contribution in [3.8, 4) is 17.1 Å². The molecule has 1 heterocycles. The largest absolute Gasteiger partial charge is 0.497 e. The Labute approximate surface area is 156 Å². The summed E-state index contributed by atoms with van der Waals surface area (Å²) in [5.41, 5.74) is 1.51. The summed E-state index contributed by atoms with van der Waals surface area (Å²) in [7, 11) is 1.61. The topological polar surface area (TPSA) is 77.2 Å². The van der Waals surface area contributed by atoms with E-state index in [9.17, 15) is 9.18 Å². The van der Waals surface area contributed by atoms with Crippen LogP contribution in [0.4, 0.5) is 4.39 Å². The van der Waals surface area contributed by atoms with Crippen molar-refractivity contribution in [2.75, 3.05) is 7.11 Å². The van der Waals surface area contributed by atoms with E-state index in [-0.39, 0.29) is 24.2 Å². The van der Waals surface area contributed by atoms with Crippen molar-refractivity contribution >= 4 is 5.91 Å². The monoisotopic (exact) mass is 369 g/mol. The van der Waals surface area contributed by atoms with Gasteiger partial charge in [-0.25, -0.2) is 4.39 Å². The van der Waals surface area contributed by atoms with E-state index in [0.717, 1.165) is 11.3 Å². The molecule has 0 aliphatic rings. The number of rotatable bonds is 7. The average Bonchev–Trinajstić information content (AvgIpc) is 3.15. The van der Waals surface area contributed by atoms with Crippen LogP contribution in [0.25, 0.3) is 11.4 Å². The van der Waals surface area contributed by atoms with Gasteiger partial charge in [-0.2, -0.15) is 4.98 Å². The molecule has 7 heteroatoms. The highest BCUT2D eigenvalue weighted by Crippen LogP contribution is 2.19. The quantitative estimate of drug-likeness (QED) is 0.687. The number of hydrogen-bond acceptors (Lipinski definition) is 5. The van der Waals surface area contributed by atoms with Crippen LogP contribution in [0, 0.1) is 5.82 Å². The van der Waals surface area contributed by atoms with Crippen molar-refractivity contribution in [3.63, 3.8) is 0 Å². The van der Waals surface area contributed by atoms with Crippen LogP contribution in [-0.4, -0.2) is 23.2 Å². The Hall–Kier alpha value is -3.22. The fourth-order valence-corrected chi connectivity index (χ4v) is 2.61. The SMILES string of the molecule is COc1ccc(C(C)NC(=O)CCc2nc(-c3cccc(F)c3)no2)cc1. The summed E-state index contributed by atoms with van der Waals surface area (Å²) in [6.45, 7) is 1.91. The van der Waals surface area contributed by atoms with Gasteiger partial charge in [0.15, 0.2) is 0 Å². The molecule has 6 nitrogen and oxygen atoms in total. The van der Waals surface area contributed by atoms with Gasteiger partial charge in [-0.1, -0.05) is 29.4 Å². The van der Waals surface area contributed by atoms with Crippen LogP contribution in [0.15, 0.2) is 53.1 Å². The predicted molar refractivity (Wildman–Crippen MR) is 97.6 cm³/mol. The first-order valence-electron chi connectivity index (χ1n) is 8.57. The standard InChI is InChI=1S/C20H20FN3O3/c1-13(14-6-8-17(26-2)9-7-14)22-18(25)10-11-19-23-20(24-27-19)15-4-3-5-16(21)12-15/h3-9,12-13H,10-11H2,1-2H3,(H,22,25). The Morgan fingerprint density at radius 1 is 1.26 bits per heavy atom. The van der Waals surface area contributed by atoms with Gasteiger partial charge in [-0.15, -0.1) is 0 Å². The number of halogens is 1. The van der Waals surface area contributed by atoms with E-state index in [1.165, 1.54) is 12.1 Å². The van der Waals surface area contributed by atoms with Gasteiger partial charge in [0.1, 0.15) is 11.6 Å². The van der Waals surface area contributed by atoms with Gasteiger partial charge >= 0.3 is 0 Å². The molecule has 1 amide bonds. The van der Waals surface area contributed by atoms with Crippen LogP contribution in [-0.2, 0) is 11.2 Å². The average molecular weight is 369 g/mol. The van der Waals surface area contributed by atoms with Gasteiger partial charge in [-0.3, -0.25) is 4.79 Å². The highest BCUT2D eigenvalue weighted by atomic mass is 19.1. The van der Waals surface area contributed by atoms with Gasteiger partial charge in [-0.05, 0) is 36.8 Å². The molecule has 1 atom stereocenters. The van der Waals surface area contributed by atoms with E-state index < -0.39 is 0 Å². The fourth-order valence-electron chi connectivity index (χ4n) is 2.61. The highest BCUT2D eigenvalue weighted by molar-refractivity contribution is 5.76. The van der Waals surface area contributed by atoms with E-state index in [1.54, 1.807) is 19.2 Å². The van der Waals surface area contributed by atoms with Gasteiger partial charge in [0.05, 0.1) is 13.2 Å². The molecule has 0 aliphatic heterocycles. The maximum absolute atomic E-state index is 13.3. The van der Waals surface area contributed by atoms with Crippen LogP contribution < -0.4 is 10.1 Å². The molecule has 1 N–H and O–H groups in total. The molecule has 0 fully saturated rings. The Morgan fingerprint density at radius 2 is 2.04 bits per heavy atom. The van der Waals surface area contributed by atoms with Crippen LogP contribution in [0.5, 0.6) is 5.75 Å². The van der Waals surface area contributed by atoms with Crippen LogP contribution in [0.3, 0.4) is 0 Å². The number of hydrogen-bond donors (Lipinski definition) is 1. The third-order valence-electron chi connectivity index (χ3n) is 4.11. The molecule has 0 bridgehead atoms. The normalized spacial score (nSPS) is 11.8. The Kier molecular flexibility index (Phi) is 5.80. The number of nitrogens with one attached hydrogen (secondary N) is 1.